The Labute approximate surface area is 139 Å². The van der Waals surface area contributed by atoms with Crippen molar-refractivity contribution in [1.29, 1.82) is 0 Å². The molecular formula is C15H11FN4O3S. The first kappa shape index (κ1) is 15.9. The molecule has 24 heavy (non-hydrogen) atoms. The summed E-state index contributed by atoms with van der Waals surface area (Å²) in [4.78, 5) is 14.1. The molecule has 0 bridgehead atoms. The molecule has 122 valence electrons. The van der Waals surface area contributed by atoms with E-state index in [1.54, 1.807) is 24.3 Å². The van der Waals surface area contributed by atoms with E-state index in [1.165, 1.54) is 17.8 Å². The number of H-pyrrole nitrogens is 1. The van der Waals surface area contributed by atoms with Crippen molar-refractivity contribution in [3.05, 3.63) is 64.0 Å². The molecule has 0 spiro atoms. The number of aromatic nitrogens is 3. The summed E-state index contributed by atoms with van der Waals surface area (Å²) in [7, 11) is 0. The Morgan fingerprint density at radius 3 is 2.79 bits per heavy atom. The van der Waals surface area contributed by atoms with Gasteiger partial charge in [0.15, 0.2) is 5.82 Å². The van der Waals surface area contributed by atoms with E-state index in [9.17, 15) is 19.6 Å². The Kier molecular flexibility index (Phi) is 4.43. The van der Waals surface area contributed by atoms with Gasteiger partial charge in [-0.15, -0.1) is 5.10 Å². The summed E-state index contributed by atoms with van der Waals surface area (Å²) in [6.07, 6.45) is 0. The van der Waals surface area contributed by atoms with Crippen LogP contribution in [0.2, 0.25) is 0 Å². The molecule has 0 fully saturated rings. The van der Waals surface area contributed by atoms with Gasteiger partial charge in [0.2, 0.25) is 11.0 Å². The van der Waals surface area contributed by atoms with Crippen molar-refractivity contribution >= 4 is 17.4 Å². The number of nitro benzene ring substituents is 1. The normalized spacial score (nSPS) is 10.7. The molecule has 3 aromatic rings. The van der Waals surface area contributed by atoms with Crippen LogP contribution in [-0.4, -0.2) is 25.2 Å². The maximum Gasteiger partial charge on any atom is 0.304 e. The summed E-state index contributed by atoms with van der Waals surface area (Å²) in [5, 5.41) is 27.6. The fourth-order valence-electron chi connectivity index (χ4n) is 2.04. The van der Waals surface area contributed by atoms with Crippen LogP contribution in [0.5, 0.6) is 5.75 Å². The number of hydrogen-bond donors (Lipinski definition) is 2. The third-order valence-electron chi connectivity index (χ3n) is 3.20. The van der Waals surface area contributed by atoms with Gasteiger partial charge in [-0.3, -0.25) is 15.2 Å². The van der Waals surface area contributed by atoms with Crippen LogP contribution < -0.4 is 0 Å². The van der Waals surface area contributed by atoms with Crippen LogP contribution in [0.4, 0.5) is 10.1 Å². The highest BCUT2D eigenvalue weighted by atomic mass is 32.2. The molecule has 0 saturated heterocycles. The molecule has 3 rings (SSSR count). The van der Waals surface area contributed by atoms with E-state index in [0.717, 1.165) is 12.1 Å². The van der Waals surface area contributed by atoms with Crippen LogP contribution in [0.15, 0.2) is 47.6 Å². The van der Waals surface area contributed by atoms with Gasteiger partial charge in [-0.2, -0.15) is 4.39 Å². The van der Waals surface area contributed by atoms with Crippen LogP contribution in [-0.2, 0) is 5.75 Å². The van der Waals surface area contributed by atoms with Gasteiger partial charge in [0, 0.05) is 11.8 Å². The molecule has 0 aliphatic rings. The van der Waals surface area contributed by atoms with Crippen molar-refractivity contribution in [3.8, 4) is 17.1 Å². The zero-order valence-electron chi connectivity index (χ0n) is 12.1. The number of benzene rings is 2. The minimum atomic E-state index is -0.872. The molecule has 1 heterocycles. The average Bonchev–Trinajstić information content (AvgIpc) is 3.02. The molecule has 0 amide bonds. The lowest BCUT2D eigenvalue weighted by Crippen LogP contribution is -1.93. The fourth-order valence-corrected chi connectivity index (χ4v) is 2.78. The van der Waals surface area contributed by atoms with Gasteiger partial charge in [-0.1, -0.05) is 30.0 Å². The Morgan fingerprint density at radius 2 is 2.08 bits per heavy atom. The van der Waals surface area contributed by atoms with Crippen molar-refractivity contribution in [2.45, 2.75) is 10.9 Å². The number of rotatable bonds is 5. The Balaban J connectivity index is 1.71. The van der Waals surface area contributed by atoms with E-state index < -0.39 is 16.4 Å². The third-order valence-corrected chi connectivity index (χ3v) is 4.12. The second-order valence-corrected chi connectivity index (χ2v) is 5.76. The van der Waals surface area contributed by atoms with E-state index in [4.69, 9.17) is 0 Å². The van der Waals surface area contributed by atoms with Crippen molar-refractivity contribution in [2.75, 3.05) is 0 Å². The molecule has 0 unspecified atom stereocenters. The average molecular weight is 346 g/mol. The number of nitrogens with zero attached hydrogens (tertiary/aromatic N) is 3. The van der Waals surface area contributed by atoms with E-state index in [2.05, 4.69) is 15.2 Å². The monoisotopic (exact) mass is 346 g/mol. The van der Waals surface area contributed by atoms with Crippen LogP contribution in [0.25, 0.3) is 11.4 Å². The van der Waals surface area contributed by atoms with Crippen molar-refractivity contribution in [1.82, 2.24) is 15.2 Å². The van der Waals surface area contributed by atoms with Gasteiger partial charge < -0.3 is 5.11 Å². The summed E-state index contributed by atoms with van der Waals surface area (Å²) in [6.45, 7) is 0. The minimum absolute atomic E-state index is 0.0858. The van der Waals surface area contributed by atoms with Gasteiger partial charge >= 0.3 is 5.69 Å². The first-order valence-electron chi connectivity index (χ1n) is 6.81. The Morgan fingerprint density at radius 1 is 1.29 bits per heavy atom. The molecule has 7 nitrogen and oxygen atoms in total. The lowest BCUT2D eigenvalue weighted by Gasteiger charge is -2.00. The van der Waals surface area contributed by atoms with E-state index in [1.807, 2.05) is 0 Å². The first-order valence-corrected chi connectivity index (χ1v) is 7.79. The van der Waals surface area contributed by atoms with Crippen LogP contribution in [0, 0.1) is 15.9 Å². The van der Waals surface area contributed by atoms with Gasteiger partial charge in [0.25, 0.3) is 0 Å². The highest BCUT2D eigenvalue weighted by Gasteiger charge is 2.14. The number of hydrogen-bond acceptors (Lipinski definition) is 6. The van der Waals surface area contributed by atoms with E-state index in [-0.39, 0.29) is 5.75 Å². The predicted molar refractivity (Wildman–Crippen MR) is 86.1 cm³/mol. The Bertz CT molecular complexity index is 900. The fraction of sp³-hybridized carbons (Fsp3) is 0.0667. The zero-order valence-corrected chi connectivity index (χ0v) is 13.0. The molecular weight excluding hydrogens is 335 g/mol. The third kappa shape index (κ3) is 3.35. The summed E-state index contributed by atoms with van der Waals surface area (Å²) >= 11 is 1.25. The number of phenols is 1. The minimum Gasteiger partial charge on any atom is -0.507 e. The maximum absolute atomic E-state index is 13.6. The smallest absolute Gasteiger partial charge is 0.304 e. The molecule has 0 radical (unpaired) electrons. The van der Waals surface area contributed by atoms with Crippen LogP contribution in [0.1, 0.15) is 5.56 Å². The number of phenolic OH excluding ortho intramolecular Hbond substituents is 1. The number of aromatic amines is 1. The van der Waals surface area contributed by atoms with Crippen LogP contribution in [0.3, 0.4) is 0 Å². The standard InChI is InChI=1S/C15H11FN4O3S/c16-11-7-9(5-6-12(11)20(22)23)8-24-15-17-14(18-19-15)10-3-1-2-4-13(10)21/h1-7,21H,8H2,(H,17,18,19). The summed E-state index contributed by atoms with van der Waals surface area (Å²) in [6, 6.07) is 10.5. The predicted octanol–water partition coefficient (Wildman–Crippen LogP) is 3.52. The lowest BCUT2D eigenvalue weighted by molar-refractivity contribution is -0.387. The molecule has 0 aliphatic heterocycles. The van der Waals surface area contributed by atoms with Crippen molar-refractivity contribution < 1.29 is 14.4 Å². The van der Waals surface area contributed by atoms with Crippen LogP contribution >= 0.6 is 11.8 Å². The number of thioether (sulfide) groups is 1. The second-order valence-electron chi connectivity index (χ2n) is 4.82. The van der Waals surface area contributed by atoms with Gasteiger partial charge in [-0.25, -0.2) is 4.98 Å². The Hall–Kier alpha value is -2.94. The molecule has 0 aliphatic carbocycles. The summed E-state index contributed by atoms with van der Waals surface area (Å²) in [5.41, 5.74) is 0.554. The van der Waals surface area contributed by atoms with E-state index in [0.29, 0.717) is 27.9 Å². The first-order chi connectivity index (χ1) is 11.5. The van der Waals surface area contributed by atoms with Gasteiger partial charge in [0.05, 0.1) is 10.5 Å². The number of aromatic hydroxyl groups is 1. The van der Waals surface area contributed by atoms with Crippen molar-refractivity contribution in [3.63, 3.8) is 0 Å². The maximum atomic E-state index is 13.6. The molecule has 2 aromatic carbocycles. The highest BCUT2D eigenvalue weighted by molar-refractivity contribution is 7.98. The SMILES string of the molecule is O=[N+]([O-])c1ccc(CSc2n[nH]c(-c3ccccc3O)n2)cc1F. The number of nitro groups is 1. The number of halogens is 1. The van der Waals surface area contributed by atoms with Crippen molar-refractivity contribution in [2.24, 2.45) is 0 Å². The highest BCUT2D eigenvalue weighted by Crippen LogP contribution is 2.28. The molecule has 0 saturated carbocycles. The molecule has 1 aromatic heterocycles. The topological polar surface area (TPSA) is 105 Å². The van der Waals surface area contributed by atoms with Gasteiger partial charge in [0.1, 0.15) is 5.75 Å². The van der Waals surface area contributed by atoms with E-state index >= 15 is 0 Å². The molecule has 0 atom stereocenters. The molecule has 2 N–H and O–H groups in total. The molecule has 9 heteroatoms. The summed E-state index contributed by atoms with van der Waals surface area (Å²) in [5.74, 6) is -0.0106. The quantitative estimate of drug-likeness (QED) is 0.416. The number of para-hydroxylation sites is 1. The number of nitrogens with one attached hydrogen (secondary N) is 1. The van der Waals surface area contributed by atoms with Gasteiger partial charge in [-0.05, 0) is 23.8 Å². The lowest BCUT2D eigenvalue weighted by atomic mass is 10.2. The largest absolute Gasteiger partial charge is 0.507 e. The second kappa shape index (κ2) is 6.67. The zero-order chi connectivity index (χ0) is 17.1. The summed E-state index contributed by atoms with van der Waals surface area (Å²) < 4.78 is 13.6.